The molecule has 15 heteroatoms. The highest BCUT2D eigenvalue weighted by Gasteiger charge is 2.40. The van der Waals surface area contributed by atoms with Crippen molar-refractivity contribution in [1.82, 2.24) is 34.6 Å². The van der Waals surface area contributed by atoms with E-state index in [1.807, 2.05) is 24.3 Å². The van der Waals surface area contributed by atoms with Crippen LogP contribution in [0.3, 0.4) is 0 Å². The number of amides is 4. The molecule has 1 saturated carbocycles. The SMILES string of the molecule is CC(=O)c1c(C)c2cnc(Nc3ccc(N4CCN(C(=O)C=Cc5cccc6c5C(=O)N(C5CCC(=O)NC5=O)C6)CC4)cn3)nc2n(C2CCCC2)c1=O. The quantitative estimate of drug-likeness (QED) is 0.153. The lowest BCUT2D eigenvalue weighted by Gasteiger charge is -2.35. The van der Waals surface area contributed by atoms with Crippen molar-refractivity contribution in [2.75, 3.05) is 36.4 Å². The maximum Gasteiger partial charge on any atom is 0.263 e. The molecule has 1 aliphatic carbocycles. The second-order valence-electron chi connectivity index (χ2n) is 14.6. The summed E-state index contributed by atoms with van der Waals surface area (Å²) in [6.07, 6.45) is 10.8. The zero-order chi connectivity index (χ0) is 38.4. The van der Waals surface area contributed by atoms with Crippen LogP contribution in [0.15, 0.2) is 53.6 Å². The topological polar surface area (TPSA) is 180 Å². The van der Waals surface area contributed by atoms with E-state index >= 15 is 0 Å². The molecular weight excluding hydrogens is 702 g/mol. The van der Waals surface area contributed by atoms with Crippen LogP contribution in [0.4, 0.5) is 17.5 Å². The number of hydrogen-bond acceptors (Lipinski definition) is 11. The summed E-state index contributed by atoms with van der Waals surface area (Å²) in [5.41, 5.74) is 3.75. The van der Waals surface area contributed by atoms with E-state index in [-0.39, 0.29) is 60.1 Å². The van der Waals surface area contributed by atoms with Crippen LogP contribution < -0.4 is 21.1 Å². The number of piperazine rings is 1. The number of piperidine rings is 1. The average Bonchev–Trinajstić information content (AvgIpc) is 3.82. The maximum atomic E-state index is 13.5. The van der Waals surface area contributed by atoms with E-state index < -0.39 is 11.9 Å². The number of imide groups is 1. The molecule has 3 aromatic heterocycles. The van der Waals surface area contributed by atoms with Crippen LogP contribution in [-0.2, 0) is 20.9 Å². The Kier molecular flexibility index (Phi) is 9.45. The zero-order valence-electron chi connectivity index (χ0n) is 30.7. The molecule has 4 aliphatic rings. The van der Waals surface area contributed by atoms with Gasteiger partial charge in [0.1, 0.15) is 17.5 Å². The van der Waals surface area contributed by atoms with E-state index in [0.717, 1.165) is 36.9 Å². The summed E-state index contributed by atoms with van der Waals surface area (Å²) >= 11 is 0. The smallest absolute Gasteiger partial charge is 0.263 e. The number of carbonyl (C=O) groups excluding carboxylic acids is 5. The fourth-order valence-corrected chi connectivity index (χ4v) is 8.30. The van der Waals surface area contributed by atoms with Crippen LogP contribution in [0.2, 0.25) is 0 Å². The van der Waals surface area contributed by atoms with Gasteiger partial charge in [0.2, 0.25) is 23.7 Å². The number of rotatable bonds is 8. The van der Waals surface area contributed by atoms with Gasteiger partial charge in [0.05, 0.1) is 23.0 Å². The summed E-state index contributed by atoms with van der Waals surface area (Å²) in [6, 6.07) is 8.51. The van der Waals surface area contributed by atoms with Gasteiger partial charge in [-0.05, 0) is 68.0 Å². The number of aromatic nitrogens is 4. The fourth-order valence-electron chi connectivity index (χ4n) is 8.30. The van der Waals surface area contributed by atoms with Gasteiger partial charge in [0.15, 0.2) is 5.78 Å². The summed E-state index contributed by atoms with van der Waals surface area (Å²) in [5.74, 6) is -0.679. The first-order valence-corrected chi connectivity index (χ1v) is 18.7. The van der Waals surface area contributed by atoms with Crippen molar-refractivity contribution in [2.24, 2.45) is 0 Å². The Balaban J connectivity index is 0.901. The Bertz CT molecular complexity index is 2340. The van der Waals surface area contributed by atoms with Gasteiger partial charge in [-0.3, -0.25) is 38.7 Å². The molecule has 282 valence electrons. The number of carbonyl (C=O) groups is 5. The minimum Gasteiger partial charge on any atom is -0.367 e. The van der Waals surface area contributed by atoms with E-state index in [1.54, 1.807) is 40.9 Å². The van der Waals surface area contributed by atoms with Crippen molar-refractivity contribution in [2.45, 2.75) is 71.0 Å². The molecule has 4 aromatic rings. The molecule has 1 atom stereocenters. The minimum atomic E-state index is -0.704. The molecular formula is C40H41N9O6. The Labute approximate surface area is 316 Å². The molecule has 2 N–H and O–H groups in total. The molecule has 0 spiro atoms. The van der Waals surface area contributed by atoms with Gasteiger partial charge in [-0.2, -0.15) is 4.98 Å². The lowest BCUT2D eigenvalue weighted by molar-refractivity contribution is -0.137. The van der Waals surface area contributed by atoms with Crippen LogP contribution in [0.25, 0.3) is 17.1 Å². The third-order valence-electron chi connectivity index (χ3n) is 11.2. The number of pyridine rings is 2. The largest absolute Gasteiger partial charge is 0.367 e. The molecule has 0 bridgehead atoms. The highest BCUT2D eigenvalue weighted by molar-refractivity contribution is 6.07. The standard InChI is InChI=1S/C40H41N9O6/c1-23-29-21-42-40(45-36(29)49(27-8-3-4-9-27)39(55)34(23)24(2)50)43-31-13-11-28(20-41-31)46-16-18-47(19-17-46)33(52)15-10-25-6-5-7-26-22-48(38(54)35(25)26)30-12-14-32(51)44-37(30)53/h5-7,10-11,13,15,20-21,27,30H,3-4,8-9,12,14,16-19,22H2,1-2H3,(H,44,51,53)(H,41,42,43,45). The molecule has 8 rings (SSSR count). The number of hydrogen-bond donors (Lipinski definition) is 2. The summed E-state index contributed by atoms with van der Waals surface area (Å²) < 4.78 is 1.68. The predicted molar refractivity (Wildman–Crippen MR) is 204 cm³/mol. The molecule has 6 heterocycles. The van der Waals surface area contributed by atoms with E-state index in [1.165, 1.54) is 17.9 Å². The molecule has 4 amide bonds. The number of anilines is 3. The number of fused-ring (bicyclic) bond motifs is 2. The van der Waals surface area contributed by atoms with E-state index in [4.69, 9.17) is 4.98 Å². The average molecular weight is 744 g/mol. The molecule has 1 unspecified atom stereocenters. The van der Waals surface area contributed by atoms with Crippen LogP contribution in [-0.4, -0.2) is 91.0 Å². The number of benzene rings is 1. The van der Waals surface area contributed by atoms with Crippen LogP contribution in [0.1, 0.15) is 88.9 Å². The first-order valence-electron chi connectivity index (χ1n) is 18.7. The highest BCUT2D eigenvalue weighted by atomic mass is 16.2. The summed E-state index contributed by atoms with van der Waals surface area (Å²) in [7, 11) is 0. The second-order valence-corrected chi connectivity index (χ2v) is 14.6. The third kappa shape index (κ3) is 6.74. The van der Waals surface area contributed by atoms with Gasteiger partial charge in [-0.15, -0.1) is 0 Å². The van der Waals surface area contributed by atoms with Crippen molar-refractivity contribution in [3.05, 3.63) is 87.0 Å². The van der Waals surface area contributed by atoms with Gasteiger partial charge in [0.25, 0.3) is 11.5 Å². The predicted octanol–water partition coefficient (Wildman–Crippen LogP) is 3.68. The van der Waals surface area contributed by atoms with Gasteiger partial charge in [-0.25, -0.2) is 9.97 Å². The highest BCUT2D eigenvalue weighted by Crippen LogP contribution is 2.33. The van der Waals surface area contributed by atoms with Crippen LogP contribution in [0, 0.1) is 6.92 Å². The maximum absolute atomic E-state index is 13.5. The molecule has 0 radical (unpaired) electrons. The van der Waals surface area contributed by atoms with Crippen molar-refractivity contribution in [3.8, 4) is 0 Å². The first kappa shape index (κ1) is 35.8. The molecule has 1 aromatic carbocycles. The molecule has 3 aliphatic heterocycles. The van der Waals surface area contributed by atoms with Crippen molar-refractivity contribution >= 4 is 64.0 Å². The number of nitrogens with zero attached hydrogens (tertiary/aromatic N) is 7. The normalized spacial score (nSPS) is 19.1. The number of ketones is 1. The Hall–Kier alpha value is -6.25. The second kappa shape index (κ2) is 14.5. The Morgan fingerprint density at radius 1 is 0.945 bits per heavy atom. The summed E-state index contributed by atoms with van der Waals surface area (Å²) in [6.45, 7) is 5.65. The zero-order valence-corrected chi connectivity index (χ0v) is 30.7. The van der Waals surface area contributed by atoms with E-state index in [0.29, 0.717) is 65.7 Å². The Morgan fingerprint density at radius 3 is 2.44 bits per heavy atom. The van der Waals surface area contributed by atoms with Gasteiger partial charge < -0.3 is 20.0 Å². The van der Waals surface area contributed by atoms with Crippen molar-refractivity contribution in [3.63, 3.8) is 0 Å². The molecule has 55 heavy (non-hydrogen) atoms. The number of aryl methyl sites for hydroxylation is 1. The first-order chi connectivity index (χ1) is 26.6. The number of nitrogens with one attached hydrogen (secondary N) is 2. The monoisotopic (exact) mass is 743 g/mol. The van der Waals surface area contributed by atoms with Gasteiger partial charge >= 0.3 is 0 Å². The van der Waals surface area contributed by atoms with Crippen LogP contribution in [0.5, 0.6) is 0 Å². The van der Waals surface area contributed by atoms with Crippen molar-refractivity contribution in [1.29, 1.82) is 0 Å². The molecule has 3 fully saturated rings. The third-order valence-corrected chi connectivity index (χ3v) is 11.2. The van der Waals surface area contributed by atoms with E-state index in [2.05, 4.69) is 25.5 Å². The van der Waals surface area contributed by atoms with Gasteiger partial charge in [0, 0.05) is 62.8 Å². The lowest BCUT2D eigenvalue weighted by atomic mass is 10.0. The molecule has 2 saturated heterocycles. The summed E-state index contributed by atoms with van der Waals surface area (Å²) in [4.78, 5) is 96.0. The lowest BCUT2D eigenvalue weighted by Crippen LogP contribution is -2.52. The van der Waals surface area contributed by atoms with Crippen molar-refractivity contribution < 1.29 is 24.0 Å². The van der Waals surface area contributed by atoms with E-state index in [9.17, 15) is 28.8 Å². The summed E-state index contributed by atoms with van der Waals surface area (Å²) in [5, 5.41) is 6.16. The number of Topliss-reactive ketones (excluding diaryl/α,β-unsaturated/α-hetero) is 1. The van der Waals surface area contributed by atoms with Gasteiger partial charge in [-0.1, -0.05) is 31.0 Å². The molecule has 15 nitrogen and oxygen atoms in total. The minimum absolute atomic E-state index is 0.0178. The Morgan fingerprint density at radius 2 is 1.73 bits per heavy atom. The van der Waals surface area contributed by atoms with Crippen LogP contribution >= 0.6 is 0 Å². The fraction of sp³-hybridized carbons (Fsp3) is 0.375.